The lowest BCUT2D eigenvalue weighted by Crippen LogP contribution is -2.70. The molecule has 0 saturated carbocycles. The molecule has 642 valence electrons. The van der Waals surface area contributed by atoms with E-state index in [9.17, 15) is 75.7 Å². The molecule has 18 atom stereocenters. The monoisotopic (exact) mass is 1560 g/mol. The first kappa shape index (κ1) is 101. The Hall–Kier alpha value is -2.53. The molecule has 23 nitrogen and oxygen atoms in total. The maximum atomic E-state index is 13.6. The van der Waals surface area contributed by atoms with E-state index < -0.39 is 148 Å². The summed E-state index contributed by atoms with van der Waals surface area (Å²) in [5.74, 6) is -6.09. The molecule has 3 aliphatic rings. The topological polar surface area (TPSA) is 373 Å². The van der Waals surface area contributed by atoms with Crippen LogP contribution in [0.15, 0.2) is 12.2 Å². The highest BCUT2D eigenvalue weighted by atomic mass is 16.8. The van der Waals surface area contributed by atoms with Crippen LogP contribution in [-0.2, 0) is 42.8 Å². The maximum Gasteiger partial charge on any atom is 0.364 e. The third kappa shape index (κ3) is 43.9. The number of carboxylic acids is 1. The third-order valence-electron chi connectivity index (χ3n) is 22.7. The zero-order valence-corrected chi connectivity index (χ0v) is 68.4. The zero-order valence-electron chi connectivity index (χ0n) is 68.4. The van der Waals surface area contributed by atoms with Gasteiger partial charge in [-0.1, -0.05) is 334 Å². The Morgan fingerprint density at radius 3 is 1.24 bits per heavy atom. The first-order chi connectivity index (χ1) is 52.9. The number of carbonyl (C=O) groups excluding carboxylic acids is 2. The van der Waals surface area contributed by atoms with Gasteiger partial charge in [0, 0.05) is 19.8 Å². The van der Waals surface area contributed by atoms with Crippen LogP contribution < -0.4 is 10.6 Å². The molecule has 2 amide bonds. The summed E-state index contributed by atoms with van der Waals surface area (Å²) in [6.07, 6.45) is 43.5. The number of aliphatic hydroxyl groups excluding tert-OH is 11. The number of hydrogen-bond acceptors (Lipinski definition) is 20. The highest BCUT2D eigenvalue weighted by molar-refractivity contribution is 5.77. The quantitative estimate of drug-likeness (QED) is 0.0199. The maximum absolute atomic E-state index is 13.6. The normalized spacial score (nSPS) is 25.7. The molecule has 0 radical (unpaired) electrons. The Balaban J connectivity index is 1.46. The van der Waals surface area contributed by atoms with Crippen LogP contribution in [-0.4, -0.2) is 215 Å². The second-order valence-electron chi connectivity index (χ2n) is 32.5. The fourth-order valence-corrected chi connectivity index (χ4v) is 15.7. The van der Waals surface area contributed by atoms with Gasteiger partial charge in [0.1, 0.15) is 67.1 Å². The smallest absolute Gasteiger partial charge is 0.364 e. The van der Waals surface area contributed by atoms with Crippen molar-refractivity contribution in [3.8, 4) is 0 Å². The van der Waals surface area contributed by atoms with E-state index in [4.69, 9.17) is 28.4 Å². The number of nitrogens with one attached hydrogen (secondary N) is 2. The molecule has 0 aromatic rings. The Kier molecular flexibility index (Phi) is 59.7. The minimum atomic E-state index is -3.08. The number of allylic oxidation sites excluding steroid dienone is 2. The van der Waals surface area contributed by atoms with E-state index in [2.05, 4.69) is 36.6 Å². The molecule has 0 aromatic carbocycles. The summed E-state index contributed by atoms with van der Waals surface area (Å²) in [6, 6.07) is -2.53. The van der Waals surface area contributed by atoms with Crippen molar-refractivity contribution in [1.82, 2.24) is 10.6 Å². The van der Waals surface area contributed by atoms with Crippen molar-refractivity contribution in [2.24, 2.45) is 0 Å². The standard InChI is InChI=1S/C86H162N2O21/c1-4-6-8-10-12-14-16-18-20-22-24-26-28-30-31-32-33-34-35-36-38-40-42-44-46-48-50-52-54-56-58-60-73(96)88-67(68(93)59-57-55-53-51-49-47-45-43-41-39-37-29-27-25-23-21-19-17-15-13-11-9-7-5-2)65-104-83-78(100)77(99)80(72(64-91)106-83)107-84-79(101)82(76(98)71(63-90)105-84)109-86(85(102)103)61-69(94)74(87-66(3)92)81(108-86)75(97)70(95)62-89/h30-31,67-72,74-84,89-91,93-95,97-101H,4-29,32-65H2,1-3H3,(H,87,92)(H,88,96)(H,102,103)/b31-30-. The zero-order chi connectivity index (χ0) is 79.5. The van der Waals surface area contributed by atoms with Crippen molar-refractivity contribution in [1.29, 1.82) is 0 Å². The predicted molar refractivity (Wildman–Crippen MR) is 426 cm³/mol. The summed E-state index contributed by atoms with van der Waals surface area (Å²) in [5, 5.41) is 137. The van der Waals surface area contributed by atoms with Crippen LogP contribution in [0.5, 0.6) is 0 Å². The molecule has 0 aliphatic carbocycles. The third-order valence-corrected chi connectivity index (χ3v) is 22.7. The van der Waals surface area contributed by atoms with Crippen LogP contribution >= 0.6 is 0 Å². The Morgan fingerprint density at radius 2 is 0.853 bits per heavy atom. The molecule has 18 unspecified atom stereocenters. The lowest BCUT2D eigenvalue weighted by molar-refractivity contribution is -0.386. The molecule has 0 aromatic heterocycles. The van der Waals surface area contributed by atoms with Crippen molar-refractivity contribution >= 4 is 17.8 Å². The molecule has 3 saturated heterocycles. The number of ether oxygens (including phenoxy) is 6. The molecule has 0 bridgehead atoms. The van der Waals surface area contributed by atoms with Crippen LogP contribution in [0.2, 0.25) is 0 Å². The summed E-state index contributed by atoms with van der Waals surface area (Å²) in [4.78, 5) is 38.8. The van der Waals surface area contributed by atoms with Gasteiger partial charge in [-0.25, -0.2) is 4.79 Å². The summed E-state index contributed by atoms with van der Waals surface area (Å²) >= 11 is 0. The summed E-state index contributed by atoms with van der Waals surface area (Å²) < 4.78 is 35.1. The lowest BCUT2D eigenvalue weighted by atomic mass is 9.88. The first-order valence-corrected chi connectivity index (χ1v) is 44.5. The largest absolute Gasteiger partial charge is 0.477 e. The van der Waals surface area contributed by atoms with Gasteiger partial charge in [-0.15, -0.1) is 0 Å². The number of aliphatic hydroxyl groups is 11. The molecule has 23 heteroatoms. The molecular weight excluding hydrogens is 1400 g/mol. The molecule has 3 heterocycles. The Morgan fingerprint density at radius 1 is 0.468 bits per heavy atom. The van der Waals surface area contributed by atoms with E-state index in [1.165, 1.54) is 276 Å². The number of unbranched alkanes of at least 4 members (excludes halogenated alkanes) is 50. The van der Waals surface area contributed by atoms with Crippen LogP contribution in [0.3, 0.4) is 0 Å². The number of hydrogen-bond donors (Lipinski definition) is 14. The summed E-state index contributed by atoms with van der Waals surface area (Å²) in [7, 11) is 0. The molecule has 14 N–H and O–H groups in total. The van der Waals surface area contributed by atoms with E-state index in [-0.39, 0.29) is 18.9 Å². The summed E-state index contributed by atoms with van der Waals surface area (Å²) in [6.45, 7) is 2.28. The fourth-order valence-electron chi connectivity index (χ4n) is 15.7. The van der Waals surface area contributed by atoms with E-state index >= 15 is 0 Å². The number of carbonyl (C=O) groups is 3. The van der Waals surface area contributed by atoms with Gasteiger partial charge in [0.05, 0.1) is 50.7 Å². The van der Waals surface area contributed by atoms with Crippen molar-refractivity contribution in [3.05, 3.63) is 12.2 Å². The molecular formula is C86H162N2O21. The van der Waals surface area contributed by atoms with Crippen molar-refractivity contribution in [2.45, 2.75) is 490 Å². The molecule has 0 spiro atoms. The Labute approximate surface area is 658 Å². The van der Waals surface area contributed by atoms with Gasteiger partial charge in [0.15, 0.2) is 12.6 Å². The number of carboxylic acid groups (broad SMARTS) is 1. The molecule has 3 fully saturated rings. The van der Waals surface area contributed by atoms with Gasteiger partial charge in [-0.2, -0.15) is 0 Å². The van der Waals surface area contributed by atoms with E-state index in [0.717, 1.165) is 58.3 Å². The highest BCUT2D eigenvalue weighted by Gasteiger charge is 2.60. The second kappa shape index (κ2) is 64.6. The predicted octanol–water partition coefficient (Wildman–Crippen LogP) is 13.7. The van der Waals surface area contributed by atoms with Gasteiger partial charge < -0.3 is 100 Å². The van der Waals surface area contributed by atoms with Gasteiger partial charge in [-0.3, -0.25) is 9.59 Å². The van der Waals surface area contributed by atoms with E-state index in [0.29, 0.717) is 19.3 Å². The van der Waals surface area contributed by atoms with Crippen LogP contribution in [0.1, 0.15) is 380 Å². The molecule has 3 aliphatic heterocycles. The number of aliphatic carboxylic acids is 1. The fraction of sp³-hybridized carbons (Fsp3) is 0.942. The average Bonchev–Trinajstić information content (AvgIpc) is 0.753. The van der Waals surface area contributed by atoms with Gasteiger partial charge in [0.25, 0.3) is 5.79 Å². The van der Waals surface area contributed by atoms with Gasteiger partial charge >= 0.3 is 5.97 Å². The number of amides is 2. The van der Waals surface area contributed by atoms with Crippen molar-refractivity contribution in [2.75, 3.05) is 26.4 Å². The second-order valence-corrected chi connectivity index (χ2v) is 32.5. The van der Waals surface area contributed by atoms with Gasteiger partial charge in [-0.05, 0) is 38.5 Å². The molecule has 3 rings (SSSR count). The van der Waals surface area contributed by atoms with Crippen LogP contribution in [0.25, 0.3) is 0 Å². The van der Waals surface area contributed by atoms with Crippen LogP contribution in [0, 0.1) is 0 Å². The van der Waals surface area contributed by atoms with E-state index in [1.807, 2.05) is 0 Å². The van der Waals surface area contributed by atoms with E-state index in [1.54, 1.807) is 0 Å². The highest BCUT2D eigenvalue weighted by Crippen LogP contribution is 2.39. The lowest BCUT2D eigenvalue weighted by Gasteiger charge is -2.50. The molecule has 109 heavy (non-hydrogen) atoms. The Bertz CT molecular complexity index is 2210. The average molecular weight is 1560 g/mol. The minimum absolute atomic E-state index is 0.227. The van der Waals surface area contributed by atoms with Crippen molar-refractivity contribution < 1.29 is 104 Å². The van der Waals surface area contributed by atoms with Gasteiger partial charge in [0.2, 0.25) is 11.8 Å². The first-order valence-electron chi connectivity index (χ1n) is 44.5. The summed E-state index contributed by atoms with van der Waals surface area (Å²) in [5.41, 5.74) is 0. The van der Waals surface area contributed by atoms with Crippen molar-refractivity contribution in [3.63, 3.8) is 0 Å². The van der Waals surface area contributed by atoms with Crippen LogP contribution in [0.4, 0.5) is 0 Å². The minimum Gasteiger partial charge on any atom is -0.477 e. The SMILES string of the molecule is CCCCCCCCCCCCCC/C=C\CCCCCCCCCCCCCCCCCC(=O)NC(COC1OC(CO)C(OC2OC(CO)C(O)C(OC3(C(=O)O)CC(O)C(NC(C)=O)C(C(O)C(O)CO)O3)C2O)C(O)C1O)C(O)CCCCCCCCCCCCCCCCCCCCCCCCCC. The number of rotatable bonds is 72.